The van der Waals surface area contributed by atoms with Crippen LogP contribution in [0.4, 0.5) is 15.8 Å². The van der Waals surface area contributed by atoms with Crippen LogP contribution in [0, 0.1) is 15.9 Å². The topological polar surface area (TPSA) is 60.1 Å². The Morgan fingerprint density at radius 2 is 2.21 bits per heavy atom. The Bertz CT molecular complexity index is 595. The van der Waals surface area contributed by atoms with Gasteiger partial charge in [0.15, 0.2) is 0 Å². The van der Waals surface area contributed by atoms with Crippen molar-refractivity contribution in [2.45, 2.75) is 20.0 Å². The van der Waals surface area contributed by atoms with Crippen molar-refractivity contribution in [1.82, 2.24) is 4.57 Å². The fourth-order valence-corrected chi connectivity index (χ4v) is 1.91. The Balaban J connectivity index is 2.19. The maximum Gasteiger partial charge on any atom is 0.292 e. The highest BCUT2D eigenvalue weighted by Crippen LogP contribution is 2.25. The highest BCUT2D eigenvalue weighted by atomic mass is 19.1. The maximum absolute atomic E-state index is 13.2. The molecular weight excluding hydrogens is 249 g/mol. The lowest BCUT2D eigenvalue weighted by atomic mass is 10.2. The Labute approximate surface area is 109 Å². The minimum Gasteiger partial charge on any atom is -0.374 e. The number of nitrogens with one attached hydrogen (secondary N) is 1. The summed E-state index contributed by atoms with van der Waals surface area (Å²) < 4.78 is 15.2. The summed E-state index contributed by atoms with van der Waals surface area (Å²) in [4.78, 5) is 10.3. The fourth-order valence-electron chi connectivity index (χ4n) is 1.91. The molecule has 6 heteroatoms. The molecule has 0 saturated heterocycles. The lowest BCUT2D eigenvalue weighted by Gasteiger charge is -2.09. The number of anilines is 1. The Kier molecular flexibility index (Phi) is 3.79. The second kappa shape index (κ2) is 5.51. The molecule has 2 aromatic rings. The minimum atomic E-state index is -0.527. The predicted molar refractivity (Wildman–Crippen MR) is 70.5 cm³/mol. The van der Waals surface area contributed by atoms with E-state index in [1.807, 2.05) is 29.8 Å². The molecule has 1 aromatic carbocycles. The highest BCUT2D eigenvalue weighted by Gasteiger charge is 2.14. The van der Waals surface area contributed by atoms with Gasteiger partial charge in [-0.25, -0.2) is 4.39 Å². The number of hydrogen-bond acceptors (Lipinski definition) is 3. The minimum absolute atomic E-state index is 0.129. The van der Waals surface area contributed by atoms with Crippen molar-refractivity contribution in [2.24, 2.45) is 0 Å². The second-order valence-electron chi connectivity index (χ2n) is 4.06. The van der Waals surface area contributed by atoms with Gasteiger partial charge in [-0.3, -0.25) is 10.1 Å². The van der Waals surface area contributed by atoms with Gasteiger partial charge in [0.1, 0.15) is 11.5 Å². The summed E-state index contributed by atoms with van der Waals surface area (Å²) >= 11 is 0. The molecule has 0 atom stereocenters. The quantitative estimate of drug-likeness (QED) is 0.665. The van der Waals surface area contributed by atoms with Crippen molar-refractivity contribution in [2.75, 3.05) is 5.32 Å². The van der Waals surface area contributed by atoms with Crippen LogP contribution in [0.15, 0.2) is 36.5 Å². The van der Waals surface area contributed by atoms with Crippen LogP contribution in [0.25, 0.3) is 0 Å². The van der Waals surface area contributed by atoms with E-state index in [9.17, 15) is 14.5 Å². The Morgan fingerprint density at radius 1 is 1.42 bits per heavy atom. The standard InChI is InChI=1S/C13H14FN3O2/c1-2-16-7-3-4-11(16)9-15-12-8-10(14)5-6-13(12)17(18)19/h3-8,15H,2,9H2,1H3. The van der Waals surface area contributed by atoms with Gasteiger partial charge < -0.3 is 9.88 Å². The van der Waals surface area contributed by atoms with Crippen molar-refractivity contribution in [3.63, 3.8) is 0 Å². The molecule has 2 rings (SSSR count). The van der Waals surface area contributed by atoms with E-state index in [0.29, 0.717) is 6.54 Å². The molecule has 0 aliphatic rings. The van der Waals surface area contributed by atoms with E-state index in [-0.39, 0.29) is 11.4 Å². The Morgan fingerprint density at radius 3 is 2.89 bits per heavy atom. The molecular formula is C13H14FN3O2. The zero-order chi connectivity index (χ0) is 13.8. The lowest BCUT2D eigenvalue weighted by molar-refractivity contribution is -0.384. The van der Waals surface area contributed by atoms with Crippen LogP contribution in [0.5, 0.6) is 0 Å². The van der Waals surface area contributed by atoms with E-state index in [1.54, 1.807) is 0 Å². The zero-order valence-electron chi connectivity index (χ0n) is 10.5. The van der Waals surface area contributed by atoms with Gasteiger partial charge in [0.25, 0.3) is 5.69 Å². The molecule has 100 valence electrons. The summed E-state index contributed by atoms with van der Waals surface area (Å²) in [5, 5.41) is 13.8. The first-order chi connectivity index (χ1) is 9.11. The number of nitro groups is 1. The van der Waals surface area contributed by atoms with Crippen LogP contribution in [-0.4, -0.2) is 9.49 Å². The molecule has 0 unspecified atom stereocenters. The van der Waals surface area contributed by atoms with Gasteiger partial charge in [-0.2, -0.15) is 0 Å². The number of hydrogen-bond donors (Lipinski definition) is 1. The summed E-state index contributed by atoms with van der Waals surface area (Å²) in [5.41, 5.74) is 1.05. The van der Waals surface area contributed by atoms with Gasteiger partial charge in [0.05, 0.1) is 11.5 Å². The SMILES string of the molecule is CCn1cccc1CNc1cc(F)ccc1[N+](=O)[O-]. The van der Waals surface area contributed by atoms with Crippen molar-refractivity contribution in [1.29, 1.82) is 0 Å². The third-order valence-corrected chi connectivity index (χ3v) is 2.88. The second-order valence-corrected chi connectivity index (χ2v) is 4.06. The number of benzene rings is 1. The van der Waals surface area contributed by atoms with E-state index >= 15 is 0 Å². The van der Waals surface area contributed by atoms with Gasteiger partial charge in [0, 0.05) is 30.6 Å². The normalized spacial score (nSPS) is 10.4. The third kappa shape index (κ3) is 2.90. The largest absolute Gasteiger partial charge is 0.374 e. The van der Waals surface area contributed by atoms with Crippen LogP contribution in [0.1, 0.15) is 12.6 Å². The molecule has 0 fully saturated rings. The summed E-state index contributed by atoms with van der Waals surface area (Å²) in [6.07, 6.45) is 1.93. The number of aryl methyl sites for hydroxylation is 1. The van der Waals surface area contributed by atoms with E-state index in [0.717, 1.165) is 30.4 Å². The molecule has 1 N–H and O–H groups in total. The first-order valence-electron chi connectivity index (χ1n) is 5.93. The monoisotopic (exact) mass is 263 g/mol. The van der Waals surface area contributed by atoms with Crippen LogP contribution < -0.4 is 5.32 Å². The average molecular weight is 263 g/mol. The van der Waals surface area contributed by atoms with Gasteiger partial charge in [-0.15, -0.1) is 0 Å². The molecule has 0 aliphatic heterocycles. The summed E-state index contributed by atoms with van der Waals surface area (Å²) in [6, 6.07) is 7.20. The van der Waals surface area contributed by atoms with Gasteiger partial charge in [-0.1, -0.05) is 0 Å². The first-order valence-corrected chi connectivity index (χ1v) is 5.93. The van der Waals surface area contributed by atoms with Crippen LogP contribution in [0.2, 0.25) is 0 Å². The Hall–Kier alpha value is -2.37. The number of nitrogens with zero attached hydrogens (tertiary/aromatic N) is 2. The third-order valence-electron chi connectivity index (χ3n) is 2.88. The molecule has 0 aliphatic carbocycles. The van der Waals surface area contributed by atoms with Gasteiger partial charge in [-0.05, 0) is 25.1 Å². The van der Waals surface area contributed by atoms with Crippen molar-refractivity contribution in [3.05, 3.63) is 58.2 Å². The molecule has 0 bridgehead atoms. The summed E-state index contributed by atoms with van der Waals surface area (Å²) in [7, 11) is 0. The number of aromatic nitrogens is 1. The highest BCUT2D eigenvalue weighted by molar-refractivity contribution is 5.61. The van der Waals surface area contributed by atoms with Crippen LogP contribution in [-0.2, 0) is 13.1 Å². The van der Waals surface area contributed by atoms with E-state index < -0.39 is 10.7 Å². The molecule has 0 radical (unpaired) electrons. The van der Waals surface area contributed by atoms with Gasteiger partial charge in [0.2, 0.25) is 0 Å². The van der Waals surface area contributed by atoms with E-state index in [4.69, 9.17) is 0 Å². The smallest absolute Gasteiger partial charge is 0.292 e. The van der Waals surface area contributed by atoms with E-state index in [2.05, 4.69) is 5.32 Å². The van der Waals surface area contributed by atoms with Crippen molar-refractivity contribution >= 4 is 11.4 Å². The average Bonchev–Trinajstić information content (AvgIpc) is 2.83. The molecule has 19 heavy (non-hydrogen) atoms. The molecule has 1 aromatic heterocycles. The lowest BCUT2D eigenvalue weighted by Crippen LogP contribution is -2.07. The predicted octanol–water partition coefficient (Wildman–Crippen LogP) is 3.17. The summed E-state index contributed by atoms with van der Waals surface area (Å²) in [5.74, 6) is -0.501. The zero-order valence-corrected chi connectivity index (χ0v) is 10.5. The van der Waals surface area contributed by atoms with Crippen molar-refractivity contribution in [3.8, 4) is 0 Å². The van der Waals surface area contributed by atoms with Gasteiger partial charge >= 0.3 is 0 Å². The van der Waals surface area contributed by atoms with Crippen LogP contribution >= 0.6 is 0 Å². The maximum atomic E-state index is 13.2. The van der Waals surface area contributed by atoms with Crippen molar-refractivity contribution < 1.29 is 9.31 Å². The molecule has 0 spiro atoms. The molecule has 5 nitrogen and oxygen atoms in total. The summed E-state index contributed by atoms with van der Waals surface area (Å²) in [6.45, 7) is 3.23. The molecule has 0 amide bonds. The first kappa shape index (κ1) is 13.1. The number of rotatable bonds is 5. The van der Waals surface area contributed by atoms with Crippen LogP contribution in [0.3, 0.4) is 0 Å². The molecule has 1 heterocycles. The molecule has 0 saturated carbocycles. The van der Waals surface area contributed by atoms with E-state index in [1.165, 1.54) is 0 Å². The number of nitro benzene ring substituents is 1. The number of halogens is 1. The fraction of sp³-hybridized carbons (Fsp3) is 0.231.